The molecule has 0 saturated carbocycles. The first-order valence-corrected chi connectivity index (χ1v) is 5.94. The number of benzene rings is 1. The molecule has 0 fully saturated rings. The molecule has 0 saturated heterocycles. The largest absolute Gasteiger partial charge is 0.459 e. The Bertz CT molecular complexity index is 543. The van der Waals surface area contributed by atoms with Gasteiger partial charge in [0.2, 0.25) is 0 Å². The molecule has 8 nitrogen and oxygen atoms in total. The van der Waals surface area contributed by atoms with E-state index in [4.69, 9.17) is 10.2 Å². The van der Waals surface area contributed by atoms with Gasteiger partial charge in [-0.25, -0.2) is 4.79 Å². The number of hydrogen-bond donors (Lipinski definition) is 3. The second-order valence-electron chi connectivity index (χ2n) is 4.18. The van der Waals surface area contributed by atoms with E-state index in [1.165, 1.54) is 24.3 Å². The molecular weight excluding hydrogens is 282 g/mol. The van der Waals surface area contributed by atoms with Crippen LogP contribution >= 0.6 is 0 Å². The number of ether oxygens (including phenoxy) is 1. The molecule has 2 atom stereocenters. The summed E-state index contributed by atoms with van der Waals surface area (Å²) in [6, 6.07) is 5.38. The lowest BCUT2D eigenvalue weighted by molar-refractivity contribution is -0.386. The molecule has 0 aliphatic heterocycles. The van der Waals surface area contributed by atoms with Gasteiger partial charge in [-0.1, -0.05) is 18.7 Å². The van der Waals surface area contributed by atoms with Gasteiger partial charge in [-0.2, -0.15) is 0 Å². The number of aliphatic hydroxyl groups is 3. The Morgan fingerprint density at radius 3 is 2.57 bits per heavy atom. The van der Waals surface area contributed by atoms with Crippen LogP contribution in [-0.4, -0.2) is 45.5 Å². The lowest BCUT2D eigenvalue weighted by Gasteiger charge is -2.14. The highest BCUT2D eigenvalue weighted by Crippen LogP contribution is 2.29. The van der Waals surface area contributed by atoms with E-state index in [0.717, 1.165) is 0 Å². The van der Waals surface area contributed by atoms with Crippen LogP contribution in [0.3, 0.4) is 0 Å². The Labute approximate surface area is 120 Å². The lowest BCUT2D eigenvalue weighted by atomic mass is 10.0. The number of hydrogen-bond acceptors (Lipinski definition) is 7. The molecular formula is C13H15NO7. The number of rotatable bonds is 7. The molecule has 21 heavy (non-hydrogen) atoms. The third kappa shape index (κ3) is 4.35. The number of nitro groups is 1. The maximum absolute atomic E-state index is 11.6. The van der Waals surface area contributed by atoms with Crippen LogP contribution in [0.4, 0.5) is 5.69 Å². The molecule has 0 aromatic heterocycles. The standard InChI is InChI=1S/C13H15NO7/c1-8(13(18)21-7-9(16)6-15)12(17)10-4-2-3-5-11(10)14(19)20/h2-5,9,12,15-17H,1,6-7H2. The third-order valence-electron chi connectivity index (χ3n) is 2.64. The van der Waals surface area contributed by atoms with Crippen molar-refractivity contribution in [1.82, 2.24) is 0 Å². The van der Waals surface area contributed by atoms with Gasteiger partial charge in [0, 0.05) is 6.07 Å². The van der Waals surface area contributed by atoms with E-state index in [2.05, 4.69) is 11.3 Å². The number of nitro benzene ring substituents is 1. The van der Waals surface area contributed by atoms with Gasteiger partial charge < -0.3 is 20.1 Å². The van der Waals surface area contributed by atoms with Gasteiger partial charge in [-0.3, -0.25) is 10.1 Å². The van der Waals surface area contributed by atoms with Gasteiger partial charge >= 0.3 is 5.97 Å². The minimum absolute atomic E-state index is 0.0906. The van der Waals surface area contributed by atoms with Crippen molar-refractivity contribution in [3.05, 3.63) is 52.1 Å². The monoisotopic (exact) mass is 297 g/mol. The zero-order valence-corrected chi connectivity index (χ0v) is 11.0. The van der Waals surface area contributed by atoms with Crippen LogP contribution in [0.5, 0.6) is 0 Å². The van der Waals surface area contributed by atoms with E-state index >= 15 is 0 Å². The molecule has 3 N–H and O–H groups in total. The topological polar surface area (TPSA) is 130 Å². The Hall–Kier alpha value is -2.29. The summed E-state index contributed by atoms with van der Waals surface area (Å²) in [5.41, 5.74) is -0.851. The van der Waals surface area contributed by atoms with Crippen LogP contribution in [0.15, 0.2) is 36.4 Å². The van der Waals surface area contributed by atoms with Crippen LogP contribution in [0.1, 0.15) is 11.7 Å². The summed E-state index contributed by atoms with van der Waals surface area (Å²) in [4.78, 5) is 21.8. The maximum atomic E-state index is 11.6. The number of carbonyl (C=O) groups excluding carboxylic acids is 1. The highest BCUT2D eigenvalue weighted by Gasteiger charge is 2.26. The smallest absolute Gasteiger partial charge is 0.336 e. The molecule has 8 heteroatoms. The van der Waals surface area contributed by atoms with E-state index in [1.54, 1.807) is 0 Å². The van der Waals surface area contributed by atoms with E-state index in [0.29, 0.717) is 0 Å². The lowest BCUT2D eigenvalue weighted by Crippen LogP contribution is -2.24. The van der Waals surface area contributed by atoms with Gasteiger partial charge in [0.1, 0.15) is 18.8 Å². The molecule has 0 bridgehead atoms. The number of carbonyl (C=O) groups is 1. The molecule has 114 valence electrons. The predicted octanol–water partition coefficient (Wildman–Crippen LogP) is 0.0808. The van der Waals surface area contributed by atoms with Gasteiger partial charge in [-0.05, 0) is 6.07 Å². The summed E-state index contributed by atoms with van der Waals surface area (Å²) < 4.78 is 4.62. The van der Waals surface area contributed by atoms with E-state index in [-0.39, 0.29) is 11.3 Å². The Morgan fingerprint density at radius 2 is 2.00 bits per heavy atom. The minimum atomic E-state index is -1.61. The molecule has 0 aliphatic carbocycles. The summed E-state index contributed by atoms with van der Waals surface area (Å²) in [6.45, 7) is 2.28. The second-order valence-corrected chi connectivity index (χ2v) is 4.18. The highest BCUT2D eigenvalue weighted by molar-refractivity contribution is 5.89. The Kier molecular flexibility index (Phi) is 5.97. The van der Waals surface area contributed by atoms with Crippen molar-refractivity contribution in [2.24, 2.45) is 0 Å². The van der Waals surface area contributed by atoms with E-state index in [1.807, 2.05) is 0 Å². The van der Waals surface area contributed by atoms with E-state index < -0.39 is 41.9 Å². The summed E-state index contributed by atoms with van der Waals surface area (Å²) in [6.07, 6.45) is -2.85. The zero-order chi connectivity index (χ0) is 16.0. The third-order valence-corrected chi connectivity index (χ3v) is 2.64. The molecule has 1 aromatic carbocycles. The molecule has 1 aromatic rings. The Morgan fingerprint density at radius 1 is 1.38 bits per heavy atom. The van der Waals surface area contributed by atoms with Gasteiger partial charge in [0.05, 0.1) is 22.7 Å². The number of aliphatic hydroxyl groups excluding tert-OH is 3. The normalized spacial score (nSPS) is 13.3. The molecule has 2 unspecified atom stereocenters. The first-order valence-electron chi connectivity index (χ1n) is 5.94. The molecule has 0 heterocycles. The van der Waals surface area contributed by atoms with Gasteiger partial charge in [-0.15, -0.1) is 0 Å². The number of nitrogens with zero attached hydrogens (tertiary/aromatic N) is 1. The van der Waals surface area contributed by atoms with Crippen molar-refractivity contribution in [2.75, 3.05) is 13.2 Å². The van der Waals surface area contributed by atoms with Crippen molar-refractivity contribution in [3.63, 3.8) is 0 Å². The van der Waals surface area contributed by atoms with Crippen LogP contribution < -0.4 is 0 Å². The average Bonchev–Trinajstić information content (AvgIpc) is 2.50. The quantitative estimate of drug-likeness (QED) is 0.281. The summed E-state index contributed by atoms with van der Waals surface area (Å²) in [7, 11) is 0. The number of esters is 1. The number of para-hydroxylation sites is 1. The molecule has 0 spiro atoms. The predicted molar refractivity (Wildman–Crippen MR) is 71.2 cm³/mol. The van der Waals surface area contributed by atoms with E-state index in [9.17, 15) is 20.0 Å². The zero-order valence-electron chi connectivity index (χ0n) is 11.0. The van der Waals surface area contributed by atoms with Crippen molar-refractivity contribution in [3.8, 4) is 0 Å². The first-order chi connectivity index (χ1) is 9.88. The van der Waals surface area contributed by atoms with Crippen molar-refractivity contribution < 1.29 is 29.8 Å². The second kappa shape index (κ2) is 7.48. The summed E-state index contributed by atoms with van der Waals surface area (Å²) >= 11 is 0. The minimum Gasteiger partial charge on any atom is -0.459 e. The van der Waals surface area contributed by atoms with Crippen molar-refractivity contribution in [1.29, 1.82) is 0 Å². The Balaban J connectivity index is 2.83. The van der Waals surface area contributed by atoms with Crippen molar-refractivity contribution >= 4 is 11.7 Å². The fraction of sp³-hybridized carbons (Fsp3) is 0.308. The maximum Gasteiger partial charge on any atom is 0.336 e. The van der Waals surface area contributed by atoms with Crippen LogP contribution in [-0.2, 0) is 9.53 Å². The summed E-state index contributed by atoms with van der Waals surface area (Å²) in [5, 5.41) is 38.5. The van der Waals surface area contributed by atoms with Crippen molar-refractivity contribution in [2.45, 2.75) is 12.2 Å². The van der Waals surface area contributed by atoms with Crippen LogP contribution in [0, 0.1) is 10.1 Å². The van der Waals surface area contributed by atoms with Crippen LogP contribution in [0.2, 0.25) is 0 Å². The molecule has 0 aliphatic rings. The fourth-order valence-corrected chi connectivity index (χ4v) is 1.50. The highest BCUT2D eigenvalue weighted by atomic mass is 16.6. The first kappa shape index (κ1) is 16.8. The molecule has 0 radical (unpaired) electrons. The molecule has 1 rings (SSSR count). The van der Waals surface area contributed by atoms with Crippen LogP contribution in [0.25, 0.3) is 0 Å². The van der Waals surface area contributed by atoms with Gasteiger partial charge in [0.15, 0.2) is 0 Å². The van der Waals surface area contributed by atoms with Gasteiger partial charge in [0.25, 0.3) is 5.69 Å². The summed E-state index contributed by atoms with van der Waals surface area (Å²) in [5.74, 6) is -1.02. The fourth-order valence-electron chi connectivity index (χ4n) is 1.50. The molecule has 0 amide bonds. The SMILES string of the molecule is C=C(C(=O)OCC(O)CO)C(O)c1ccccc1[N+](=O)[O-]. The average molecular weight is 297 g/mol.